The quantitative estimate of drug-likeness (QED) is 0.720. The molecule has 29 heavy (non-hydrogen) atoms. The number of nitrogens with zero attached hydrogens (tertiary/aromatic N) is 2. The summed E-state index contributed by atoms with van der Waals surface area (Å²) in [7, 11) is 1.62. The van der Waals surface area contributed by atoms with Gasteiger partial charge in [-0.1, -0.05) is 28.1 Å². The largest absolute Gasteiger partial charge is 0.497 e. The Kier molecular flexibility index (Phi) is 7.28. The number of benzene rings is 2. The monoisotopic (exact) mass is 459 g/mol. The van der Waals surface area contributed by atoms with Gasteiger partial charge in [-0.25, -0.2) is 0 Å². The highest BCUT2D eigenvalue weighted by atomic mass is 79.9. The van der Waals surface area contributed by atoms with Gasteiger partial charge < -0.3 is 15.0 Å². The zero-order valence-corrected chi connectivity index (χ0v) is 18.3. The van der Waals surface area contributed by atoms with Gasteiger partial charge in [0.15, 0.2) is 0 Å². The van der Waals surface area contributed by atoms with Crippen LogP contribution in [0.15, 0.2) is 53.0 Å². The Balaban J connectivity index is 1.49. The first-order valence-corrected chi connectivity index (χ1v) is 10.5. The van der Waals surface area contributed by atoms with E-state index in [0.717, 1.165) is 21.5 Å². The van der Waals surface area contributed by atoms with Crippen molar-refractivity contribution in [2.24, 2.45) is 0 Å². The van der Waals surface area contributed by atoms with Crippen molar-refractivity contribution in [3.8, 4) is 5.75 Å². The molecule has 1 atom stereocenters. The minimum absolute atomic E-state index is 0.0384. The van der Waals surface area contributed by atoms with E-state index < -0.39 is 0 Å². The molecule has 1 N–H and O–H groups in total. The molecule has 1 fully saturated rings. The Morgan fingerprint density at radius 1 is 1.10 bits per heavy atom. The van der Waals surface area contributed by atoms with E-state index in [2.05, 4.69) is 26.1 Å². The lowest BCUT2D eigenvalue weighted by molar-refractivity contribution is -0.133. The fourth-order valence-electron chi connectivity index (χ4n) is 3.37. The zero-order chi connectivity index (χ0) is 20.8. The third-order valence-corrected chi connectivity index (χ3v) is 5.72. The number of carbonyl (C=O) groups excluding carboxylic acids is 2. The summed E-state index contributed by atoms with van der Waals surface area (Å²) in [6.45, 7) is 4.51. The number of anilines is 1. The lowest BCUT2D eigenvalue weighted by atomic mass is 10.1. The molecule has 0 radical (unpaired) electrons. The van der Waals surface area contributed by atoms with Crippen molar-refractivity contribution in [2.45, 2.75) is 19.4 Å². The van der Waals surface area contributed by atoms with E-state index in [1.165, 1.54) is 0 Å². The summed E-state index contributed by atoms with van der Waals surface area (Å²) in [6.07, 6.45) is 0.358. The van der Waals surface area contributed by atoms with Crippen LogP contribution in [0.3, 0.4) is 0 Å². The van der Waals surface area contributed by atoms with Crippen LogP contribution in [0.1, 0.15) is 12.5 Å². The first kappa shape index (κ1) is 21.3. The Morgan fingerprint density at radius 2 is 1.79 bits per heavy atom. The smallest absolute Gasteiger partial charge is 0.241 e. The van der Waals surface area contributed by atoms with Crippen LogP contribution in [0.5, 0.6) is 5.75 Å². The number of amides is 2. The fourth-order valence-corrected chi connectivity index (χ4v) is 3.64. The highest BCUT2D eigenvalue weighted by Gasteiger charge is 2.27. The van der Waals surface area contributed by atoms with E-state index in [4.69, 9.17) is 4.74 Å². The fraction of sp³-hybridized carbons (Fsp3) is 0.364. The molecule has 6 nitrogen and oxygen atoms in total. The number of ether oxygens (including phenoxy) is 1. The van der Waals surface area contributed by atoms with Crippen molar-refractivity contribution >= 4 is 33.4 Å². The number of nitrogens with one attached hydrogen (secondary N) is 1. The normalized spacial score (nSPS) is 15.6. The number of hydrogen-bond donors (Lipinski definition) is 1. The number of rotatable bonds is 6. The van der Waals surface area contributed by atoms with E-state index in [0.29, 0.717) is 32.6 Å². The predicted molar refractivity (Wildman–Crippen MR) is 117 cm³/mol. The van der Waals surface area contributed by atoms with Crippen LogP contribution in [0.2, 0.25) is 0 Å². The van der Waals surface area contributed by atoms with Crippen molar-refractivity contribution in [2.75, 3.05) is 38.6 Å². The van der Waals surface area contributed by atoms with Gasteiger partial charge in [0.25, 0.3) is 0 Å². The van der Waals surface area contributed by atoms with Crippen LogP contribution in [-0.2, 0) is 16.0 Å². The molecule has 0 saturated carbocycles. The molecule has 1 heterocycles. The SMILES string of the molecule is COc1cccc(CC(=O)N2CCN(C(C)C(=O)Nc3ccc(Br)cc3)CC2)c1. The molecule has 1 aliphatic rings. The lowest BCUT2D eigenvalue weighted by Crippen LogP contribution is -2.54. The van der Waals surface area contributed by atoms with Crippen molar-refractivity contribution < 1.29 is 14.3 Å². The summed E-state index contributed by atoms with van der Waals surface area (Å²) >= 11 is 3.39. The van der Waals surface area contributed by atoms with E-state index in [1.54, 1.807) is 7.11 Å². The summed E-state index contributed by atoms with van der Waals surface area (Å²) in [5, 5.41) is 2.95. The Hall–Kier alpha value is -2.38. The molecule has 2 amide bonds. The van der Waals surface area contributed by atoms with Crippen LogP contribution in [-0.4, -0.2) is 60.9 Å². The molecular formula is C22H26BrN3O3. The average Bonchev–Trinajstić information content (AvgIpc) is 2.75. The van der Waals surface area contributed by atoms with Crippen molar-refractivity contribution in [1.29, 1.82) is 0 Å². The molecule has 0 spiro atoms. The van der Waals surface area contributed by atoms with Crippen LogP contribution >= 0.6 is 15.9 Å². The maximum atomic E-state index is 12.6. The van der Waals surface area contributed by atoms with E-state index in [9.17, 15) is 9.59 Å². The molecule has 0 bridgehead atoms. The van der Waals surface area contributed by atoms with E-state index >= 15 is 0 Å². The topological polar surface area (TPSA) is 61.9 Å². The first-order chi connectivity index (χ1) is 14.0. The average molecular weight is 460 g/mol. The van der Waals surface area contributed by atoms with Crippen LogP contribution in [0, 0.1) is 0 Å². The number of hydrogen-bond acceptors (Lipinski definition) is 4. The minimum atomic E-state index is -0.255. The van der Waals surface area contributed by atoms with E-state index in [1.807, 2.05) is 60.4 Å². The maximum Gasteiger partial charge on any atom is 0.241 e. The van der Waals surface area contributed by atoms with Crippen LogP contribution < -0.4 is 10.1 Å². The van der Waals surface area contributed by atoms with Gasteiger partial charge in [-0.15, -0.1) is 0 Å². The first-order valence-electron chi connectivity index (χ1n) is 9.67. The minimum Gasteiger partial charge on any atom is -0.497 e. The third-order valence-electron chi connectivity index (χ3n) is 5.20. The number of halogens is 1. The number of piperazine rings is 1. The summed E-state index contributed by atoms with van der Waals surface area (Å²) in [4.78, 5) is 29.2. The van der Waals surface area contributed by atoms with Gasteiger partial charge in [0.05, 0.1) is 19.6 Å². The second-order valence-corrected chi connectivity index (χ2v) is 8.03. The molecule has 1 saturated heterocycles. The second kappa shape index (κ2) is 9.89. The molecule has 0 aromatic heterocycles. The summed E-state index contributed by atoms with van der Waals surface area (Å²) in [5.41, 5.74) is 1.72. The van der Waals surface area contributed by atoms with Crippen LogP contribution in [0.4, 0.5) is 5.69 Å². The van der Waals surface area contributed by atoms with Crippen molar-refractivity contribution in [3.63, 3.8) is 0 Å². The molecule has 2 aromatic carbocycles. The summed E-state index contributed by atoms with van der Waals surface area (Å²) in [5.74, 6) is 0.819. The van der Waals surface area contributed by atoms with E-state index in [-0.39, 0.29) is 17.9 Å². The molecule has 1 unspecified atom stereocenters. The van der Waals surface area contributed by atoms with Gasteiger partial charge in [0.2, 0.25) is 11.8 Å². The van der Waals surface area contributed by atoms with Gasteiger partial charge in [-0.3, -0.25) is 14.5 Å². The van der Waals surface area contributed by atoms with Crippen LogP contribution in [0.25, 0.3) is 0 Å². The maximum absolute atomic E-state index is 12.6. The Labute approximate surface area is 180 Å². The number of carbonyl (C=O) groups is 2. The molecule has 3 rings (SSSR count). The predicted octanol–water partition coefficient (Wildman–Crippen LogP) is 3.17. The zero-order valence-electron chi connectivity index (χ0n) is 16.7. The Morgan fingerprint density at radius 3 is 2.45 bits per heavy atom. The molecule has 0 aliphatic carbocycles. The molecule has 7 heteroatoms. The third kappa shape index (κ3) is 5.81. The van der Waals surface area contributed by atoms with Crippen molar-refractivity contribution in [1.82, 2.24) is 9.80 Å². The molecule has 2 aromatic rings. The summed E-state index contributed by atoms with van der Waals surface area (Å²) in [6, 6.07) is 14.9. The molecular weight excluding hydrogens is 434 g/mol. The highest BCUT2D eigenvalue weighted by molar-refractivity contribution is 9.10. The molecule has 154 valence electrons. The summed E-state index contributed by atoms with van der Waals surface area (Å²) < 4.78 is 6.19. The Bertz CT molecular complexity index is 849. The van der Waals surface area contributed by atoms with Gasteiger partial charge >= 0.3 is 0 Å². The highest BCUT2D eigenvalue weighted by Crippen LogP contribution is 2.17. The van der Waals surface area contributed by atoms with Gasteiger partial charge in [-0.2, -0.15) is 0 Å². The standard InChI is InChI=1S/C22H26BrN3O3/c1-16(22(28)24-19-8-6-18(23)7-9-19)25-10-12-26(13-11-25)21(27)15-17-4-3-5-20(14-17)29-2/h3-9,14,16H,10-13,15H2,1-2H3,(H,24,28). The molecule has 1 aliphatic heterocycles. The van der Waals surface area contributed by atoms with Gasteiger partial charge in [-0.05, 0) is 48.9 Å². The van der Waals surface area contributed by atoms with Crippen molar-refractivity contribution in [3.05, 3.63) is 58.6 Å². The van der Waals surface area contributed by atoms with Gasteiger partial charge in [0, 0.05) is 36.3 Å². The van der Waals surface area contributed by atoms with Gasteiger partial charge in [0.1, 0.15) is 5.75 Å². The second-order valence-electron chi connectivity index (χ2n) is 7.12. The lowest BCUT2D eigenvalue weighted by Gasteiger charge is -2.37. The number of methoxy groups -OCH3 is 1.